The van der Waals surface area contributed by atoms with Gasteiger partial charge in [-0.2, -0.15) is 0 Å². The summed E-state index contributed by atoms with van der Waals surface area (Å²) in [4.78, 5) is 11.5. The monoisotopic (exact) mass is 320 g/mol. The van der Waals surface area contributed by atoms with Crippen molar-refractivity contribution >= 4 is 28.6 Å². The van der Waals surface area contributed by atoms with Gasteiger partial charge in [0, 0.05) is 10.7 Å². The third kappa shape index (κ3) is 3.79. The molecular formula is C11H13IO3. The van der Waals surface area contributed by atoms with Gasteiger partial charge in [-0.05, 0) is 53.3 Å². The highest BCUT2D eigenvalue weighted by molar-refractivity contribution is 14.1. The second-order valence-corrected chi connectivity index (χ2v) is 4.25. The molecule has 0 aliphatic heterocycles. The van der Waals surface area contributed by atoms with Crippen LogP contribution in [-0.2, 0) is 16.1 Å². The summed E-state index contributed by atoms with van der Waals surface area (Å²) < 4.78 is 11.0. The zero-order valence-electron chi connectivity index (χ0n) is 8.75. The lowest BCUT2D eigenvalue weighted by atomic mass is 10.1. The van der Waals surface area contributed by atoms with E-state index in [0.717, 1.165) is 9.13 Å². The molecule has 0 unspecified atom stereocenters. The zero-order chi connectivity index (χ0) is 11.3. The maximum atomic E-state index is 11.5. The van der Waals surface area contributed by atoms with Crippen molar-refractivity contribution in [3.63, 3.8) is 0 Å². The Morgan fingerprint density at radius 2 is 2.13 bits per heavy atom. The van der Waals surface area contributed by atoms with Crippen molar-refractivity contribution in [1.29, 1.82) is 0 Å². The molecule has 0 saturated carbocycles. The van der Waals surface area contributed by atoms with Crippen LogP contribution in [0.4, 0.5) is 0 Å². The summed E-state index contributed by atoms with van der Waals surface area (Å²) in [7, 11) is 1.63. The fourth-order valence-corrected chi connectivity index (χ4v) is 1.97. The lowest BCUT2D eigenvalue weighted by Crippen LogP contribution is -2.06. The SMILES string of the molecule is CCOC(=O)c1cc(I)cc(COC)c1. The normalized spacial score (nSPS) is 10.1. The number of esters is 1. The topological polar surface area (TPSA) is 35.5 Å². The minimum Gasteiger partial charge on any atom is -0.462 e. The fourth-order valence-electron chi connectivity index (χ4n) is 1.23. The van der Waals surface area contributed by atoms with Gasteiger partial charge in [-0.3, -0.25) is 0 Å². The lowest BCUT2D eigenvalue weighted by molar-refractivity contribution is 0.0526. The molecular weight excluding hydrogens is 307 g/mol. The highest BCUT2D eigenvalue weighted by Gasteiger charge is 2.08. The van der Waals surface area contributed by atoms with Crippen LogP contribution in [0.2, 0.25) is 0 Å². The molecule has 0 aliphatic carbocycles. The van der Waals surface area contributed by atoms with Gasteiger partial charge in [0.25, 0.3) is 0 Å². The van der Waals surface area contributed by atoms with Gasteiger partial charge in [-0.15, -0.1) is 0 Å². The van der Waals surface area contributed by atoms with Gasteiger partial charge in [0.2, 0.25) is 0 Å². The molecule has 0 aromatic heterocycles. The molecule has 0 fully saturated rings. The van der Waals surface area contributed by atoms with Gasteiger partial charge < -0.3 is 9.47 Å². The van der Waals surface area contributed by atoms with Crippen LogP contribution in [0.5, 0.6) is 0 Å². The van der Waals surface area contributed by atoms with Crippen molar-refractivity contribution in [1.82, 2.24) is 0 Å². The highest BCUT2D eigenvalue weighted by Crippen LogP contribution is 2.14. The average molecular weight is 320 g/mol. The molecule has 0 heterocycles. The van der Waals surface area contributed by atoms with Crippen molar-refractivity contribution in [3.05, 3.63) is 32.9 Å². The molecule has 0 aliphatic rings. The molecule has 82 valence electrons. The van der Waals surface area contributed by atoms with E-state index in [2.05, 4.69) is 22.6 Å². The fraction of sp³-hybridized carbons (Fsp3) is 0.364. The van der Waals surface area contributed by atoms with Crippen LogP contribution in [0.1, 0.15) is 22.8 Å². The Labute approximate surface area is 103 Å². The Hall–Kier alpha value is -0.620. The molecule has 3 nitrogen and oxygen atoms in total. The van der Waals surface area contributed by atoms with E-state index in [9.17, 15) is 4.79 Å². The molecule has 1 aromatic carbocycles. The maximum Gasteiger partial charge on any atom is 0.338 e. The van der Waals surface area contributed by atoms with E-state index in [1.807, 2.05) is 6.07 Å². The number of methoxy groups -OCH3 is 1. The molecule has 1 rings (SSSR count). The van der Waals surface area contributed by atoms with Crippen LogP contribution in [0.15, 0.2) is 18.2 Å². The first-order valence-corrected chi connectivity index (χ1v) is 5.70. The van der Waals surface area contributed by atoms with Crippen LogP contribution in [-0.4, -0.2) is 19.7 Å². The number of rotatable bonds is 4. The second kappa shape index (κ2) is 6.07. The van der Waals surface area contributed by atoms with Crippen molar-refractivity contribution in [3.8, 4) is 0 Å². The van der Waals surface area contributed by atoms with E-state index < -0.39 is 0 Å². The summed E-state index contributed by atoms with van der Waals surface area (Å²) >= 11 is 2.17. The Morgan fingerprint density at radius 3 is 2.73 bits per heavy atom. The maximum absolute atomic E-state index is 11.5. The molecule has 0 amide bonds. The summed E-state index contributed by atoms with van der Waals surface area (Å²) in [6.07, 6.45) is 0. The molecule has 0 saturated heterocycles. The predicted molar refractivity (Wildman–Crippen MR) is 65.8 cm³/mol. The number of benzene rings is 1. The number of hydrogen-bond acceptors (Lipinski definition) is 3. The van der Waals surface area contributed by atoms with Gasteiger partial charge in [-0.25, -0.2) is 4.79 Å². The molecule has 0 N–H and O–H groups in total. The number of carbonyl (C=O) groups is 1. The van der Waals surface area contributed by atoms with E-state index in [1.54, 1.807) is 26.2 Å². The third-order valence-electron chi connectivity index (χ3n) is 1.78. The first-order chi connectivity index (χ1) is 7.17. The summed E-state index contributed by atoms with van der Waals surface area (Å²) in [5.74, 6) is -0.284. The van der Waals surface area contributed by atoms with Crippen LogP contribution >= 0.6 is 22.6 Å². The van der Waals surface area contributed by atoms with Gasteiger partial charge in [0.05, 0.1) is 18.8 Å². The van der Waals surface area contributed by atoms with Crippen molar-refractivity contribution < 1.29 is 14.3 Å². The summed E-state index contributed by atoms with van der Waals surface area (Å²) in [5.41, 5.74) is 1.56. The summed E-state index contributed by atoms with van der Waals surface area (Å²) in [6, 6.07) is 5.58. The Kier molecular flexibility index (Phi) is 5.04. The first kappa shape index (κ1) is 12.4. The zero-order valence-corrected chi connectivity index (χ0v) is 10.9. The molecule has 0 atom stereocenters. The molecule has 1 aromatic rings. The van der Waals surface area contributed by atoms with E-state index >= 15 is 0 Å². The third-order valence-corrected chi connectivity index (χ3v) is 2.40. The molecule has 0 bridgehead atoms. The van der Waals surface area contributed by atoms with Crippen molar-refractivity contribution in [2.75, 3.05) is 13.7 Å². The Morgan fingerprint density at radius 1 is 1.40 bits per heavy atom. The van der Waals surface area contributed by atoms with Gasteiger partial charge >= 0.3 is 5.97 Å². The minimum absolute atomic E-state index is 0.284. The van der Waals surface area contributed by atoms with E-state index in [-0.39, 0.29) is 5.97 Å². The van der Waals surface area contributed by atoms with Gasteiger partial charge in [0.15, 0.2) is 0 Å². The van der Waals surface area contributed by atoms with E-state index in [1.165, 1.54) is 0 Å². The first-order valence-electron chi connectivity index (χ1n) is 4.63. The number of ether oxygens (including phenoxy) is 2. The molecule has 4 heteroatoms. The highest BCUT2D eigenvalue weighted by atomic mass is 127. The van der Waals surface area contributed by atoms with Gasteiger partial charge in [-0.1, -0.05) is 0 Å². The molecule has 0 radical (unpaired) electrons. The van der Waals surface area contributed by atoms with Crippen molar-refractivity contribution in [2.24, 2.45) is 0 Å². The van der Waals surface area contributed by atoms with Crippen LogP contribution in [0.3, 0.4) is 0 Å². The predicted octanol–water partition coefficient (Wildman–Crippen LogP) is 2.61. The van der Waals surface area contributed by atoms with Crippen LogP contribution in [0, 0.1) is 3.57 Å². The quantitative estimate of drug-likeness (QED) is 0.632. The molecule has 15 heavy (non-hydrogen) atoms. The summed E-state index contributed by atoms with van der Waals surface area (Å²) in [6.45, 7) is 2.69. The minimum atomic E-state index is -0.284. The van der Waals surface area contributed by atoms with E-state index in [4.69, 9.17) is 9.47 Å². The number of carbonyl (C=O) groups excluding carboxylic acids is 1. The summed E-state index contributed by atoms with van der Waals surface area (Å²) in [5, 5.41) is 0. The lowest BCUT2D eigenvalue weighted by Gasteiger charge is -2.05. The Balaban J connectivity index is 2.92. The largest absolute Gasteiger partial charge is 0.462 e. The van der Waals surface area contributed by atoms with Crippen LogP contribution < -0.4 is 0 Å². The smallest absolute Gasteiger partial charge is 0.338 e. The molecule has 0 spiro atoms. The number of halogens is 1. The Bertz CT molecular complexity index is 350. The van der Waals surface area contributed by atoms with Gasteiger partial charge in [0.1, 0.15) is 0 Å². The van der Waals surface area contributed by atoms with Crippen LogP contribution in [0.25, 0.3) is 0 Å². The standard InChI is InChI=1S/C11H13IO3/c1-3-15-11(13)9-4-8(7-14-2)5-10(12)6-9/h4-6H,3,7H2,1-2H3. The second-order valence-electron chi connectivity index (χ2n) is 3.00. The average Bonchev–Trinajstić information content (AvgIpc) is 2.17. The van der Waals surface area contributed by atoms with Crippen molar-refractivity contribution in [2.45, 2.75) is 13.5 Å². The number of hydrogen-bond donors (Lipinski definition) is 0. The van der Waals surface area contributed by atoms with E-state index in [0.29, 0.717) is 18.8 Å².